The summed E-state index contributed by atoms with van der Waals surface area (Å²) < 4.78 is 5.14. The normalized spacial score (nSPS) is 20.2. The van der Waals surface area contributed by atoms with Crippen LogP contribution < -0.4 is 15.8 Å². The number of methoxy groups -OCH3 is 1. The number of rotatable bonds is 3. The van der Waals surface area contributed by atoms with E-state index in [1.807, 2.05) is 19.1 Å². The van der Waals surface area contributed by atoms with Crippen LogP contribution >= 0.6 is 0 Å². The van der Waals surface area contributed by atoms with Crippen molar-refractivity contribution in [2.24, 2.45) is 11.7 Å². The third-order valence-electron chi connectivity index (χ3n) is 3.94. The van der Waals surface area contributed by atoms with Crippen molar-refractivity contribution >= 4 is 17.6 Å². The number of H-pyrrole nitrogens is 1. The predicted molar refractivity (Wildman–Crippen MR) is 79.5 cm³/mol. The van der Waals surface area contributed by atoms with Gasteiger partial charge in [0.15, 0.2) is 5.82 Å². The molecule has 1 aromatic carbocycles. The van der Waals surface area contributed by atoms with Crippen LogP contribution in [0, 0.1) is 12.8 Å². The van der Waals surface area contributed by atoms with Gasteiger partial charge in [-0.15, -0.1) is 0 Å². The lowest BCUT2D eigenvalue weighted by Crippen LogP contribution is -2.42. The van der Waals surface area contributed by atoms with E-state index in [0.717, 1.165) is 16.8 Å². The first-order valence-electron chi connectivity index (χ1n) is 6.82. The van der Waals surface area contributed by atoms with E-state index < -0.39 is 23.7 Å². The van der Waals surface area contributed by atoms with Gasteiger partial charge in [-0.25, -0.2) is 0 Å². The highest BCUT2D eigenvalue weighted by Gasteiger charge is 2.42. The summed E-state index contributed by atoms with van der Waals surface area (Å²) in [6.45, 7) is 1.85. The molecule has 0 spiro atoms. The molecule has 0 fully saturated rings. The molecule has 3 rings (SSSR count). The number of aryl methyl sites for hydroxylation is 1. The van der Waals surface area contributed by atoms with Gasteiger partial charge >= 0.3 is 0 Å². The van der Waals surface area contributed by atoms with E-state index in [9.17, 15) is 9.59 Å². The SMILES string of the molecule is COc1ccc(C2c3c(n[nH]c3C)NC(=O)C2C(N)=O)cc1. The van der Waals surface area contributed by atoms with Crippen LogP contribution in [-0.4, -0.2) is 29.1 Å². The molecule has 114 valence electrons. The first-order valence-corrected chi connectivity index (χ1v) is 6.82. The predicted octanol–water partition coefficient (Wildman–Crippen LogP) is 0.912. The van der Waals surface area contributed by atoms with Crippen molar-refractivity contribution in [2.75, 3.05) is 12.4 Å². The molecule has 1 aliphatic rings. The molecule has 2 unspecified atom stereocenters. The van der Waals surface area contributed by atoms with Crippen molar-refractivity contribution in [3.63, 3.8) is 0 Å². The number of hydrogen-bond donors (Lipinski definition) is 3. The molecule has 1 aromatic heterocycles. The number of aromatic amines is 1. The average molecular weight is 300 g/mol. The van der Waals surface area contributed by atoms with Crippen LogP contribution in [0.5, 0.6) is 5.75 Å². The van der Waals surface area contributed by atoms with Crippen LogP contribution in [-0.2, 0) is 9.59 Å². The number of hydrogen-bond acceptors (Lipinski definition) is 4. The number of aromatic nitrogens is 2. The summed E-state index contributed by atoms with van der Waals surface area (Å²) >= 11 is 0. The van der Waals surface area contributed by atoms with Crippen molar-refractivity contribution in [1.29, 1.82) is 0 Å². The lowest BCUT2D eigenvalue weighted by molar-refractivity contribution is -0.131. The molecule has 4 N–H and O–H groups in total. The first kappa shape index (κ1) is 14.1. The van der Waals surface area contributed by atoms with E-state index >= 15 is 0 Å². The Hall–Kier alpha value is -2.83. The number of nitrogens with zero attached hydrogens (tertiary/aromatic N) is 1. The number of carbonyl (C=O) groups excluding carboxylic acids is 2. The third kappa shape index (κ3) is 2.11. The molecule has 7 heteroatoms. The highest BCUT2D eigenvalue weighted by atomic mass is 16.5. The largest absolute Gasteiger partial charge is 0.497 e. The van der Waals surface area contributed by atoms with Gasteiger partial charge in [0.25, 0.3) is 0 Å². The Labute approximate surface area is 126 Å². The number of nitrogens with two attached hydrogens (primary N) is 1. The van der Waals surface area contributed by atoms with E-state index in [0.29, 0.717) is 11.6 Å². The average Bonchev–Trinajstić information content (AvgIpc) is 2.86. The Morgan fingerprint density at radius 2 is 2.00 bits per heavy atom. The number of benzene rings is 1. The number of fused-ring (bicyclic) bond motifs is 1. The molecule has 0 bridgehead atoms. The quantitative estimate of drug-likeness (QED) is 0.732. The summed E-state index contributed by atoms with van der Waals surface area (Å²) in [6.07, 6.45) is 0. The Morgan fingerprint density at radius 3 is 2.59 bits per heavy atom. The molecule has 0 aliphatic carbocycles. The number of carbonyl (C=O) groups is 2. The maximum absolute atomic E-state index is 12.2. The highest BCUT2D eigenvalue weighted by Crippen LogP contribution is 2.41. The Morgan fingerprint density at radius 1 is 1.32 bits per heavy atom. The van der Waals surface area contributed by atoms with Gasteiger partial charge in [-0.05, 0) is 24.6 Å². The zero-order valence-electron chi connectivity index (χ0n) is 12.2. The lowest BCUT2D eigenvalue weighted by atomic mass is 9.77. The molecule has 0 saturated carbocycles. The second-order valence-corrected chi connectivity index (χ2v) is 5.23. The van der Waals surface area contributed by atoms with Crippen LogP contribution in [0.25, 0.3) is 0 Å². The van der Waals surface area contributed by atoms with Gasteiger partial charge in [0.1, 0.15) is 11.7 Å². The van der Waals surface area contributed by atoms with Crippen molar-refractivity contribution in [2.45, 2.75) is 12.8 Å². The van der Waals surface area contributed by atoms with E-state index in [4.69, 9.17) is 10.5 Å². The minimum absolute atomic E-state index is 0.438. The summed E-state index contributed by atoms with van der Waals surface area (Å²) in [5.41, 5.74) is 7.85. The van der Waals surface area contributed by atoms with Crippen LogP contribution in [0.2, 0.25) is 0 Å². The van der Waals surface area contributed by atoms with Crippen LogP contribution in [0.15, 0.2) is 24.3 Å². The molecular formula is C15H16N4O3. The van der Waals surface area contributed by atoms with Crippen molar-refractivity contribution in [1.82, 2.24) is 10.2 Å². The number of nitrogens with one attached hydrogen (secondary N) is 2. The van der Waals surface area contributed by atoms with E-state index in [1.165, 1.54) is 0 Å². The summed E-state index contributed by atoms with van der Waals surface area (Å²) in [5.74, 6) is -1.40. The van der Waals surface area contributed by atoms with E-state index in [-0.39, 0.29) is 0 Å². The van der Waals surface area contributed by atoms with Crippen molar-refractivity contribution < 1.29 is 14.3 Å². The van der Waals surface area contributed by atoms with Crippen molar-refractivity contribution in [3.05, 3.63) is 41.1 Å². The topological polar surface area (TPSA) is 110 Å². The van der Waals surface area contributed by atoms with E-state index in [1.54, 1.807) is 19.2 Å². The van der Waals surface area contributed by atoms with Gasteiger partial charge in [-0.1, -0.05) is 12.1 Å². The van der Waals surface area contributed by atoms with Crippen molar-refractivity contribution in [3.8, 4) is 5.75 Å². The number of primary amides is 1. The zero-order chi connectivity index (χ0) is 15.9. The van der Waals surface area contributed by atoms with Gasteiger partial charge in [-0.3, -0.25) is 14.7 Å². The Bertz CT molecular complexity index is 736. The van der Waals surface area contributed by atoms with E-state index in [2.05, 4.69) is 15.5 Å². The van der Waals surface area contributed by atoms with Crippen LogP contribution in [0.3, 0.4) is 0 Å². The third-order valence-corrected chi connectivity index (χ3v) is 3.94. The summed E-state index contributed by atoms with van der Waals surface area (Å²) in [5, 5.41) is 9.54. The van der Waals surface area contributed by atoms with Gasteiger partial charge in [0.05, 0.1) is 7.11 Å². The Kier molecular flexibility index (Phi) is 3.32. The second-order valence-electron chi connectivity index (χ2n) is 5.23. The molecule has 2 amide bonds. The maximum Gasteiger partial charge on any atom is 0.239 e. The molecule has 22 heavy (non-hydrogen) atoms. The standard InChI is InChI=1S/C15H16N4O3/c1-7-10-11(8-3-5-9(22-2)6-4-8)12(13(16)20)15(21)17-14(10)19-18-7/h3-6,11-12H,1-2H3,(H2,16,20)(H2,17,18,19,21). The number of anilines is 1. The van der Waals surface area contributed by atoms with Crippen LogP contribution in [0.1, 0.15) is 22.7 Å². The molecule has 2 atom stereocenters. The molecule has 1 aliphatic heterocycles. The highest BCUT2D eigenvalue weighted by molar-refractivity contribution is 6.09. The molecule has 0 radical (unpaired) electrons. The number of ether oxygens (including phenoxy) is 1. The summed E-state index contributed by atoms with van der Waals surface area (Å²) in [6, 6.07) is 7.23. The van der Waals surface area contributed by atoms with Gasteiger partial charge in [0, 0.05) is 17.2 Å². The molecule has 7 nitrogen and oxygen atoms in total. The summed E-state index contributed by atoms with van der Waals surface area (Å²) in [7, 11) is 1.58. The summed E-state index contributed by atoms with van der Waals surface area (Å²) in [4.78, 5) is 24.0. The fraction of sp³-hybridized carbons (Fsp3) is 0.267. The van der Waals surface area contributed by atoms with Gasteiger partial charge < -0.3 is 15.8 Å². The molecule has 0 saturated heterocycles. The lowest BCUT2D eigenvalue weighted by Gasteiger charge is -2.29. The van der Waals surface area contributed by atoms with Gasteiger partial charge in [-0.2, -0.15) is 5.10 Å². The second kappa shape index (κ2) is 5.18. The first-order chi connectivity index (χ1) is 10.5. The fourth-order valence-electron chi connectivity index (χ4n) is 2.89. The molecular weight excluding hydrogens is 284 g/mol. The molecule has 2 heterocycles. The zero-order valence-corrected chi connectivity index (χ0v) is 12.2. The van der Waals surface area contributed by atoms with Crippen LogP contribution in [0.4, 0.5) is 5.82 Å². The Balaban J connectivity index is 2.16. The minimum Gasteiger partial charge on any atom is -0.497 e. The monoisotopic (exact) mass is 300 g/mol. The minimum atomic E-state index is -0.975. The smallest absolute Gasteiger partial charge is 0.239 e. The fourth-order valence-corrected chi connectivity index (χ4v) is 2.89. The van der Waals surface area contributed by atoms with Gasteiger partial charge in [0.2, 0.25) is 11.8 Å². The number of amides is 2. The maximum atomic E-state index is 12.2. The molecule has 2 aromatic rings.